The Labute approximate surface area is 178 Å². The molecule has 3 N–H and O–H groups in total. The Morgan fingerprint density at radius 3 is 2.46 bits per heavy atom. The van der Waals surface area contributed by atoms with Crippen LogP contribution in [0.2, 0.25) is 0 Å². The molecular formula is C18H37IN4O2S. The highest BCUT2D eigenvalue weighted by molar-refractivity contribution is 14.0. The van der Waals surface area contributed by atoms with Crippen molar-refractivity contribution in [3.8, 4) is 0 Å². The molecule has 0 aromatic heterocycles. The van der Waals surface area contributed by atoms with Crippen molar-refractivity contribution in [2.45, 2.75) is 71.6 Å². The van der Waals surface area contributed by atoms with Crippen molar-refractivity contribution in [1.82, 2.24) is 16.0 Å². The van der Waals surface area contributed by atoms with Crippen molar-refractivity contribution < 1.29 is 9.00 Å². The summed E-state index contributed by atoms with van der Waals surface area (Å²) in [4.78, 5) is 16.4. The van der Waals surface area contributed by atoms with Gasteiger partial charge in [-0.15, -0.1) is 24.0 Å². The second-order valence-electron chi connectivity index (χ2n) is 7.57. The number of carbonyl (C=O) groups excluding carboxylic acids is 1. The summed E-state index contributed by atoms with van der Waals surface area (Å²) in [5.41, 5.74) is -0.376. The topological polar surface area (TPSA) is 82.6 Å². The average molecular weight is 500 g/mol. The summed E-state index contributed by atoms with van der Waals surface area (Å²) in [6, 6.07) is 0.316. The molecule has 0 heterocycles. The number of aliphatic imine (C=N–C) groups is 1. The molecule has 0 saturated heterocycles. The van der Waals surface area contributed by atoms with Crippen molar-refractivity contribution in [2.24, 2.45) is 10.4 Å². The minimum atomic E-state index is -0.721. The zero-order chi connectivity index (χ0) is 18.9. The molecule has 0 spiro atoms. The maximum Gasteiger partial charge on any atom is 0.225 e. The summed E-state index contributed by atoms with van der Waals surface area (Å²) >= 11 is 0. The SMILES string of the molecule is CCNC(=NCCNC(=O)C(C)(C)C)NC1CCCC(S(=O)CC)C1.I. The van der Waals surface area contributed by atoms with Crippen LogP contribution < -0.4 is 16.0 Å². The minimum Gasteiger partial charge on any atom is -0.357 e. The Bertz CT molecular complexity index is 480. The molecular weight excluding hydrogens is 463 g/mol. The van der Waals surface area contributed by atoms with Crippen molar-refractivity contribution in [3.05, 3.63) is 0 Å². The van der Waals surface area contributed by atoms with Gasteiger partial charge in [0.25, 0.3) is 0 Å². The molecule has 1 saturated carbocycles. The number of rotatable bonds is 7. The van der Waals surface area contributed by atoms with Crippen molar-refractivity contribution in [1.29, 1.82) is 0 Å². The third-order valence-electron chi connectivity index (χ3n) is 4.32. The molecule has 1 aliphatic rings. The molecule has 26 heavy (non-hydrogen) atoms. The molecule has 3 atom stereocenters. The molecule has 0 radical (unpaired) electrons. The predicted molar refractivity (Wildman–Crippen MR) is 122 cm³/mol. The van der Waals surface area contributed by atoms with Gasteiger partial charge in [0.15, 0.2) is 5.96 Å². The van der Waals surface area contributed by atoms with E-state index in [2.05, 4.69) is 20.9 Å². The van der Waals surface area contributed by atoms with E-state index in [0.717, 1.165) is 43.9 Å². The Balaban J connectivity index is 0.00000625. The van der Waals surface area contributed by atoms with Gasteiger partial charge < -0.3 is 16.0 Å². The number of hydrogen-bond acceptors (Lipinski definition) is 3. The maximum atomic E-state index is 12.1. The fraction of sp³-hybridized carbons (Fsp3) is 0.889. The number of halogens is 1. The summed E-state index contributed by atoms with van der Waals surface area (Å²) in [5, 5.41) is 9.94. The number of nitrogens with zero attached hydrogens (tertiary/aromatic N) is 1. The molecule has 1 fully saturated rings. The van der Waals surface area contributed by atoms with Gasteiger partial charge in [0.2, 0.25) is 5.91 Å². The third kappa shape index (κ3) is 9.53. The fourth-order valence-corrected chi connectivity index (χ4v) is 4.21. The number of hydrogen-bond donors (Lipinski definition) is 3. The molecule has 1 aliphatic carbocycles. The Hall–Kier alpha value is -0.380. The molecule has 1 rings (SSSR count). The monoisotopic (exact) mass is 500 g/mol. The Morgan fingerprint density at radius 1 is 1.19 bits per heavy atom. The second-order valence-corrected chi connectivity index (χ2v) is 9.57. The molecule has 0 bridgehead atoms. The zero-order valence-electron chi connectivity index (χ0n) is 16.9. The van der Waals surface area contributed by atoms with Gasteiger partial charge in [-0.2, -0.15) is 0 Å². The van der Waals surface area contributed by atoms with Gasteiger partial charge >= 0.3 is 0 Å². The van der Waals surface area contributed by atoms with Crippen LogP contribution in [0.3, 0.4) is 0 Å². The molecule has 3 unspecified atom stereocenters. The first-order chi connectivity index (χ1) is 11.8. The van der Waals surface area contributed by atoms with Crippen molar-refractivity contribution in [2.75, 3.05) is 25.4 Å². The number of nitrogens with one attached hydrogen (secondary N) is 3. The van der Waals surface area contributed by atoms with E-state index >= 15 is 0 Å². The Kier molecular flexibility index (Phi) is 12.7. The van der Waals surface area contributed by atoms with Crippen LogP contribution in [-0.2, 0) is 15.6 Å². The van der Waals surface area contributed by atoms with E-state index in [1.165, 1.54) is 0 Å². The van der Waals surface area contributed by atoms with Gasteiger partial charge in [-0.25, -0.2) is 0 Å². The first kappa shape index (κ1) is 25.6. The fourth-order valence-electron chi connectivity index (χ4n) is 2.87. The highest BCUT2D eigenvalue weighted by Crippen LogP contribution is 2.22. The van der Waals surface area contributed by atoms with Crippen molar-refractivity contribution in [3.63, 3.8) is 0 Å². The van der Waals surface area contributed by atoms with E-state index in [1.54, 1.807) is 0 Å². The van der Waals surface area contributed by atoms with Crippen LogP contribution in [0.4, 0.5) is 0 Å². The molecule has 0 aromatic rings. The smallest absolute Gasteiger partial charge is 0.225 e. The van der Waals surface area contributed by atoms with E-state index in [9.17, 15) is 9.00 Å². The number of amides is 1. The highest BCUT2D eigenvalue weighted by Gasteiger charge is 2.26. The standard InChI is InChI=1S/C18H36N4O2S.HI/c1-6-19-17(21-12-11-20-16(23)18(3,4)5)22-14-9-8-10-15(13-14)25(24)7-2;/h14-15H,6-13H2,1-5H3,(H,20,23)(H2,19,21,22);1H. The van der Waals surface area contributed by atoms with Gasteiger partial charge in [0.1, 0.15) is 0 Å². The third-order valence-corrected chi connectivity index (χ3v) is 6.06. The lowest BCUT2D eigenvalue weighted by molar-refractivity contribution is -0.128. The van der Waals surface area contributed by atoms with Crippen molar-refractivity contribution >= 4 is 46.6 Å². The first-order valence-corrected chi connectivity index (χ1v) is 10.9. The number of guanidine groups is 1. The molecule has 0 aliphatic heterocycles. The average Bonchev–Trinajstić information content (AvgIpc) is 2.57. The van der Waals surface area contributed by atoms with E-state index < -0.39 is 10.8 Å². The first-order valence-electron chi connectivity index (χ1n) is 9.48. The summed E-state index contributed by atoms with van der Waals surface area (Å²) in [7, 11) is -0.721. The Morgan fingerprint density at radius 2 is 1.88 bits per heavy atom. The summed E-state index contributed by atoms with van der Waals surface area (Å²) in [5.74, 6) is 1.55. The van der Waals surface area contributed by atoms with E-state index in [4.69, 9.17) is 0 Å². The van der Waals surface area contributed by atoms with Crippen LogP contribution in [-0.4, -0.2) is 52.8 Å². The lowest BCUT2D eigenvalue weighted by Crippen LogP contribution is -2.47. The molecule has 154 valence electrons. The van der Waals surface area contributed by atoms with Gasteiger partial charge in [-0.1, -0.05) is 34.1 Å². The zero-order valence-corrected chi connectivity index (χ0v) is 20.0. The molecule has 0 aromatic carbocycles. The van der Waals surface area contributed by atoms with E-state index in [0.29, 0.717) is 24.4 Å². The lowest BCUT2D eigenvalue weighted by Gasteiger charge is -2.30. The van der Waals surface area contributed by atoms with Gasteiger partial charge in [-0.3, -0.25) is 14.0 Å². The van der Waals surface area contributed by atoms with Crippen LogP contribution in [0.1, 0.15) is 60.3 Å². The van der Waals surface area contributed by atoms with E-state index in [-0.39, 0.29) is 35.3 Å². The summed E-state index contributed by atoms with van der Waals surface area (Å²) in [6.07, 6.45) is 4.19. The van der Waals surface area contributed by atoms with Crippen LogP contribution >= 0.6 is 24.0 Å². The molecule has 1 amide bonds. The lowest BCUT2D eigenvalue weighted by atomic mass is 9.95. The molecule has 8 heteroatoms. The minimum absolute atomic E-state index is 0. The van der Waals surface area contributed by atoms with Crippen LogP contribution in [0.15, 0.2) is 4.99 Å². The largest absolute Gasteiger partial charge is 0.357 e. The van der Waals surface area contributed by atoms with Gasteiger partial charge in [0, 0.05) is 46.3 Å². The normalized spacial score (nSPS) is 22.1. The van der Waals surface area contributed by atoms with Crippen LogP contribution in [0.5, 0.6) is 0 Å². The van der Waals surface area contributed by atoms with Gasteiger partial charge in [-0.05, 0) is 26.2 Å². The summed E-state index contributed by atoms with van der Waals surface area (Å²) < 4.78 is 12.1. The quantitative estimate of drug-likeness (QED) is 0.217. The van der Waals surface area contributed by atoms with Gasteiger partial charge in [0.05, 0.1) is 6.54 Å². The predicted octanol–water partition coefficient (Wildman–Crippen LogP) is 2.40. The molecule has 6 nitrogen and oxygen atoms in total. The second kappa shape index (κ2) is 12.9. The maximum absolute atomic E-state index is 12.1. The van der Waals surface area contributed by atoms with Crippen LogP contribution in [0, 0.1) is 5.41 Å². The summed E-state index contributed by atoms with van der Waals surface area (Å²) in [6.45, 7) is 11.6. The number of carbonyl (C=O) groups is 1. The van der Waals surface area contributed by atoms with Crippen LogP contribution in [0.25, 0.3) is 0 Å². The van der Waals surface area contributed by atoms with E-state index in [1.807, 2.05) is 34.6 Å². The highest BCUT2D eigenvalue weighted by atomic mass is 127.